The van der Waals surface area contributed by atoms with Crippen LogP contribution in [0.2, 0.25) is 0 Å². The Hall–Kier alpha value is -3.03. The zero-order valence-electron chi connectivity index (χ0n) is 14.1. The molecule has 0 atom stereocenters. The zero-order valence-corrected chi connectivity index (χ0v) is 14.1. The Kier molecular flexibility index (Phi) is 5.11. The molecule has 1 saturated heterocycles. The third-order valence-corrected chi connectivity index (χ3v) is 4.18. The summed E-state index contributed by atoms with van der Waals surface area (Å²) in [6.45, 7) is 1.11. The van der Waals surface area contributed by atoms with Gasteiger partial charge in [0.2, 0.25) is 0 Å². The number of carbonyl (C=O) groups is 2. The van der Waals surface area contributed by atoms with Crippen molar-refractivity contribution in [3.05, 3.63) is 59.4 Å². The van der Waals surface area contributed by atoms with Crippen LogP contribution in [-0.2, 0) is 0 Å². The highest BCUT2D eigenvalue weighted by molar-refractivity contribution is 5.95. The van der Waals surface area contributed by atoms with E-state index in [0.29, 0.717) is 30.5 Å². The SMILES string of the molecule is COc1cccc(C(=O)N2CCN(C(=O)c3ncc(F)cc3F)CC2)c1. The Morgan fingerprint density at radius 3 is 2.31 bits per heavy atom. The molecule has 0 unspecified atom stereocenters. The Bertz CT molecular complexity index is 836. The third-order valence-electron chi connectivity index (χ3n) is 4.18. The number of carbonyl (C=O) groups excluding carboxylic acids is 2. The minimum Gasteiger partial charge on any atom is -0.497 e. The summed E-state index contributed by atoms with van der Waals surface area (Å²) >= 11 is 0. The summed E-state index contributed by atoms with van der Waals surface area (Å²) < 4.78 is 31.8. The van der Waals surface area contributed by atoms with E-state index in [4.69, 9.17) is 4.74 Å². The van der Waals surface area contributed by atoms with E-state index < -0.39 is 23.2 Å². The molecule has 2 aromatic rings. The summed E-state index contributed by atoms with van der Waals surface area (Å²) in [5.74, 6) is -2.03. The second-order valence-electron chi connectivity index (χ2n) is 5.80. The van der Waals surface area contributed by atoms with E-state index in [2.05, 4.69) is 4.98 Å². The zero-order chi connectivity index (χ0) is 18.7. The van der Waals surface area contributed by atoms with Crippen molar-refractivity contribution in [2.24, 2.45) is 0 Å². The summed E-state index contributed by atoms with van der Waals surface area (Å²) in [6.07, 6.45) is 0.804. The molecule has 0 bridgehead atoms. The normalized spacial score (nSPS) is 14.3. The summed E-state index contributed by atoms with van der Waals surface area (Å²) in [6, 6.07) is 7.45. The molecule has 26 heavy (non-hydrogen) atoms. The Morgan fingerprint density at radius 2 is 1.69 bits per heavy atom. The lowest BCUT2D eigenvalue weighted by molar-refractivity contribution is 0.0529. The second kappa shape index (κ2) is 7.47. The molecule has 0 spiro atoms. The number of hydrogen-bond acceptors (Lipinski definition) is 4. The van der Waals surface area contributed by atoms with Gasteiger partial charge in [0, 0.05) is 37.8 Å². The molecule has 1 aromatic heterocycles. The molecule has 1 aliphatic heterocycles. The lowest BCUT2D eigenvalue weighted by atomic mass is 10.1. The lowest BCUT2D eigenvalue weighted by Crippen LogP contribution is -2.50. The van der Waals surface area contributed by atoms with Crippen molar-refractivity contribution in [1.82, 2.24) is 14.8 Å². The van der Waals surface area contributed by atoms with Crippen molar-refractivity contribution in [1.29, 1.82) is 0 Å². The van der Waals surface area contributed by atoms with Gasteiger partial charge >= 0.3 is 0 Å². The minimum atomic E-state index is -0.995. The van der Waals surface area contributed by atoms with Gasteiger partial charge in [0.05, 0.1) is 13.3 Å². The molecule has 136 valence electrons. The van der Waals surface area contributed by atoms with Gasteiger partial charge in [0.25, 0.3) is 11.8 Å². The predicted octanol–water partition coefficient (Wildman–Crippen LogP) is 1.97. The molecule has 8 heteroatoms. The van der Waals surface area contributed by atoms with Gasteiger partial charge < -0.3 is 14.5 Å². The number of hydrogen-bond donors (Lipinski definition) is 0. The van der Waals surface area contributed by atoms with E-state index in [-0.39, 0.29) is 19.0 Å². The van der Waals surface area contributed by atoms with E-state index in [9.17, 15) is 18.4 Å². The molecule has 2 amide bonds. The molecule has 0 radical (unpaired) electrons. The van der Waals surface area contributed by atoms with Crippen LogP contribution in [0.15, 0.2) is 36.5 Å². The summed E-state index contributed by atoms with van der Waals surface area (Å²) in [7, 11) is 1.52. The number of methoxy groups -OCH3 is 1. The number of rotatable bonds is 3. The molecule has 6 nitrogen and oxygen atoms in total. The first-order valence-electron chi connectivity index (χ1n) is 8.03. The van der Waals surface area contributed by atoms with Crippen LogP contribution in [0.3, 0.4) is 0 Å². The van der Waals surface area contributed by atoms with E-state index >= 15 is 0 Å². The van der Waals surface area contributed by atoms with Gasteiger partial charge in [0.15, 0.2) is 11.5 Å². The maximum atomic E-state index is 13.7. The van der Waals surface area contributed by atoms with E-state index in [0.717, 1.165) is 6.20 Å². The van der Waals surface area contributed by atoms with Gasteiger partial charge in [0.1, 0.15) is 11.6 Å². The van der Waals surface area contributed by atoms with Crippen LogP contribution in [0.4, 0.5) is 8.78 Å². The van der Waals surface area contributed by atoms with E-state index in [1.165, 1.54) is 12.0 Å². The molecule has 3 rings (SSSR count). The predicted molar refractivity (Wildman–Crippen MR) is 89.0 cm³/mol. The smallest absolute Gasteiger partial charge is 0.275 e. The number of halogens is 2. The largest absolute Gasteiger partial charge is 0.497 e. The van der Waals surface area contributed by atoms with Gasteiger partial charge in [-0.3, -0.25) is 9.59 Å². The van der Waals surface area contributed by atoms with Crippen LogP contribution in [0.25, 0.3) is 0 Å². The third kappa shape index (κ3) is 3.63. The molecule has 0 saturated carbocycles. The average molecular weight is 361 g/mol. The number of amides is 2. The Labute approximate surface area is 149 Å². The Morgan fingerprint density at radius 1 is 1.04 bits per heavy atom. The summed E-state index contributed by atoms with van der Waals surface area (Å²) in [5, 5.41) is 0. The van der Waals surface area contributed by atoms with Crippen LogP contribution < -0.4 is 4.74 Å². The van der Waals surface area contributed by atoms with Crippen LogP contribution in [0.1, 0.15) is 20.8 Å². The maximum Gasteiger partial charge on any atom is 0.275 e. The van der Waals surface area contributed by atoms with Crippen LogP contribution >= 0.6 is 0 Å². The molecular formula is C18H17F2N3O3. The summed E-state index contributed by atoms with van der Waals surface area (Å²) in [4.78, 5) is 31.5. The molecule has 2 heterocycles. The Balaban J connectivity index is 1.65. The van der Waals surface area contributed by atoms with Gasteiger partial charge in [-0.15, -0.1) is 0 Å². The first-order valence-corrected chi connectivity index (χ1v) is 8.03. The lowest BCUT2D eigenvalue weighted by Gasteiger charge is -2.34. The van der Waals surface area contributed by atoms with Crippen molar-refractivity contribution in [2.75, 3.05) is 33.3 Å². The number of aromatic nitrogens is 1. The molecule has 1 aromatic carbocycles. The number of benzene rings is 1. The second-order valence-corrected chi connectivity index (χ2v) is 5.80. The summed E-state index contributed by atoms with van der Waals surface area (Å²) in [5.41, 5.74) is 0.0781. The molecule has 1 fully saturated rings. The molecule has 0 aliphatic carbocycles. The number of pyridine rings is 1. The number of ether oxygens (including phenoxy) is 1. The highest BCUT2D eigenvalue weighted by Crippen LogP contribution is 2.16. The topological polar surface area (TPSA) is 62.7 Å². The van der Waals surface area contributed by atoms with E-state index in [1.54, 1.807) is 29.2 Å². The van der Waals surface area contributed by atoms with Crippen molar-refractivity contribution in [2.45, 2.75) is 0 Å². The van der Waals surface area contributed by atoms with Crippen molar-refractivity contribution in [3.63, 3.8) is 0 Å². The van der Waals surface area contributed by atoms with Gasteiger partial charge in [-0.2, -0.15) is 0 Å². The van der Waals surface area contributed by atoms with Gasteiger partial charge in [-0.25, -0.2) is 13.8 Å². The van der Waals surface area contributed by atoms with Gasteiger partial charge in [-0.05, 0) is 18.2 Å². The van der Waals surface area contributed by atoms with Crippen molar-refractivity contribution < 1.29 is 23.1 Å². The quantitative estimate of drug-likeness (QED) is 0.839. The standard InChI is InChI=1S/C18H17F2N3O3/c1-26-14-4-2-3-12(9-14)17(24)22-5-7-23(8-6-22)18(25)16-15(20)10-13(19)11-21-16/h2-4,9-11H,5-8H2,1H3. The van der Waals surface area contributed by atoms with E-state index in [1.807, 2.05) is 0 Å². The van der Waals surface area contributed by atoms with Crippen LogP contribution in [0.5, 0.6) is 5.75 Å². The maximum absolute atomic E-state index is 13.7. The van der Waals surface area contributed by atoms with Crippen molar-refractivity contribution in [3.8, 4) is 5.75 Å². The molecule has 0 N–H and O–H groups in total. The van der Waals surface area contributed by atoms with Crippen molar-refractivity contribution >= 4 is 11.8 Å². The fourth-order valence-electron chi connectivity index (χ4n) is 2.77. The van der Waals surface area contributed by atoms with Crippen LogP contribution in [-0.4, -0.2) is 59.9 Å². The van der Waals surface area contributed by atoms with Crippen LogP contribution in [0, 0.1) is 11.6 Å². The first kappa shape index (κ1) is 17.8. The first-order chi connectivity index (χ1) is 12.5. The highest BCUT2D eigenvalue weighted by atomic mass is 19.1. The highest BCUT2D eigenvalue weighted by Gasteiger charge is 2.27. The average Bonchev–Trinajstić information content (AvgIpc) is 2.67. The minimum absolute atomic E-state index is 0.165. The fourth-order valence-corrected chi connectivity index (χ4v) is 2.77. The monoisotopic (exact) mass is 361 g/mol. The van der Waals surface area contributed by atoms with Gasteiger partial charge in [-0.1, -0.05) is 6.07 Å². The fraction of sp³-hybridized carbons (Fsp3) is 0.278. The molecule has 1 aliphatic rings. The number of piperazine rings is 1. The molecular weight excluding hydrogens is 344 g/mol. The number of nitrogens with zero attached hydrogens (tertiary/aromatic N) is 3.